The van der Waals surface area contributed by atoms with E-state index in [1.54, 1.807) is 6.08 Å². The third kappa shape index (κ3) is 3.95. The van der Waals surface area contributed by atoms with Gasteiger partial charge in [-0.2, -0.15) is 10.5 Å². The summed E-state index contributed by atoms with van der Waals surface area (Å²) in [5.74, 6) is 0. The van der Waals surface area contributed by atoms with Crippen molar-refractivity contribution >= 4 is 5.70 Å². The zero-order valence-corrected chi connectivity index (χ0v) is 12.0. The molecule has 0 saturated carbocycles. The second-order valence-corrected chi connectivity index (χ2v) is 4.82. The van der Waals surface area contributed by atoms with E-state index in [1.807, 2.05) is 25.1 Å². The quantitative estimate of drug-likeness (QED) is 0.630. The Morgan fingerprint density at radius 2 is 1.71 bits per heavy atom. The van der Waals surface area contributed by atoms with Gasteiger partial charge >= 0.3 is 0 Å². The number of rotatable bonds is 3. The molecule has 1 aliphatic rings. The number of nitriles is 2. The summed E-state index contributed by atoms with van der Waals surface area (Å²) in [6.45, 7) is 5.04. The molecular formula is C17H17N3O. The maximum absolute atomic E-state index is 8.85. The molecule has 4 nitrogen and oxygen atoms in total. The smallest absolute Gasteiger partial charge is 0.129 e. The van der Waals surface area contributed by atoms with E-state index in [4.69, 9.17) is 15.3 Å². The molecule has 0 aromatic heterocycles. The predicted octanol–water partition coefficient (Wildman–Crippen LogP) is 2.64. The molecule has 0 spiro atoms. The van der Waals surface area contributed by atoms with E-state index >= 15 is 0 Å². The maximum Gasteiger partial charge on any atom is 0.129 e. The van der Waals surface area contributed by atoms with Crippen molar-refractivity contribution in [3.63, 3.8) is 0 Å². The lowest BCUT2D eigenvalue weighted by Crippen LogP contribution is -2.34. The Morgan fingerprint density at radius 3 is 2.29 bits per heavy atom. The molecule has 1 aromatic rings. The highest BCUT2D eigenvalue weighted by Crippen LogP contribution is 2.21. The summed E-state index contributed by atoms with van der Waals surface area (Å²) in [5, 5.41) is 17.7. The van der Waals surface area contributed by atoms with E-state index in [-0.39, 0.29) is 5.57 Å². The molecule has 21 heavy (non-hydrogen) atoms. The topological polar surface area (TPSA) is 60.0 Å². The standard InChI is InChI=1S/C17H17N3O/c1-14-2-5-16(6-3-14)17(7-4-15(12-18)13-19)20-8-10-21-11-9-20/h2-7H,8-11H2,1H3/b17-7-. The largest absolute Gasteiger partial charge is 0.378 e. The second kappa shape index (κ2) is 7.28. The summed E-state index contributed by atoms with van der Waals surface area (Å²) in [6, 6.07) is 12.0. The fourth-order valence-corrected chi connectivity index (χ4v) is 2.17. The van der Waals surface area contributed by atoms with Crippen LogP contribution in [0.1, 0.15) is 11.1 Å². The molecule has 0 N–H and O–H groups in total. The van der Waals surface area contributed by atoms with Gasteiger partial charge in [-0.25, -0.2) is 0 Å². The van der Waals surface area contributed by atoms with Crippen LogP contribution in [0.2, 0.25) is 0 Å². The minimum absolute atomic E-state index is 0.105. The highest BCUT2D eigenvalue weighted by atomic mass is 16.5. The lowest BCUT2D eigenvalue weighted by molar-refractivity contribution is 0.0639. The van der Waals surface area contributed by atoms with Crippen LogP contribution in [0.15, 0.2) is 42.0 Å². The highest BCUT2D eigenvalue weighted by molar-refractivity contribution is 5.66. The van der Waals surface area contributed by atoms with Crippen LogP contribution < -0.4 is 0 Å². The van der Waals surface area contributed by atoms with Gasteiger partial charge in [0.2, 0.25) is 0 Å². The Hall–Kier alpha value is -2.56. The molecular weight excluding hydrogens is 262 g/mol. The molecule has 4 heteroatoms. The molecule has 0 bridgehead atoms. The molecule has 0 radical (unpaired) electrons. The Labute approximate surface area is 125 Å². The van der Waals surface area contributed by atoms with Gasteiger partial charge < -0.3 is 9.64 Å². The van der Waals surface area contributed by atoms with Crippen LogP contribution in [0.5, 0.6) is 0 Å². The third-order valence-corrected chi connectivity index (χ3v) is 3.35. The van der Waals surface area contributed by atoms with Crippen molar-refractivity contribution < 1.29 is 4.74 Å². The van der Waals surface area contributed by atoms with Gasteiger partial charge in [0, 0.05) is 18.8 Å². The van der Waals surface area contributed by atoms with Crippen molar-refractivity contribution in [1.82, 2.24) is 4.90 Å². The summed E-state index contributed by atoms with van der Waals surface area (Å²) >= 11 is 0. The number of morpholine rings is 1. The number of hydrogen-bond donors (Lipinski definition) is 0. The monoisotopic (exact) mass is 279 g/mol. The number of ether oxygens (including phenoxy) is 1. The van der Waals surface area contributed by atoms with Crippen LogP contribution in [0.25, 0.3) is 5.70 Å². The van der Waals surface area contributed by atoms with Crippen LogP contribution in [0.3, 0.4) is 0 Å². The van der Waals surface area contributed by atoms with Gasteiger partial charge in [0.15, 0.2) is 0 Å². The zero-order chi connectivity index (χ0) is 15.1. The van der Waals surface area contributed by atoms with Gasteiger partial charge in [0.1, 0.15) is 17.7 Å². The molecule has 1 fully saturated rings. The summed E-state index contributed by atoms with van der Waals surface area (Å²) in [5.41, 5.74) is 3.40. The molecule has 1 heterocycles. The van der Waals surface area contributed by atoms with E-state index in [2.05, 4.69) is 29.2 Å². The molecule has 106 valence electrons. The van der Waals surface area contributed by atoms with Crippen molar-refractivity contribution in [2.75, 3.05) is 26.3 Å². The SMILES string of the molecule is Cc1ccc(/C(=C/C=C(C#N)C#N)N2CCOCC2)cc1. The van der Waals surface area contributed by atoms with Gasteiger partial charge in [0.05, 0.1) is 13.2 Å². The first-order valence-corrected chi connectivity index (χ1v) is 6.86. The number of aryl methyl sites for hydroxylation is 1. The number of hydrogen-bond acceptors (Lipinski definition) is 4. The lowest BCUT2D eigenvalue weighted by atomic mass is 10.1. The minimum Gasteiger partial charge on any atom is -0.378 e. The molecule has 0 aliphatic carbocycles. The van der Waals surface area contributed by atoms with Gasteiger partial charge in [-0.1, -0.05) is 29.8 Å². The predicted molar refractivity (Wildman–Crippen MR) is 80.9 cm³/mol. The molecule has 1 saturated heterocycles. The first-order valence-electron chi connectivity index (χ1n) is 6.86. The Bertz CT molecular complexity index is 607. The Balaban J connectivity index is 2.37. The van der Waals surface area contributed by atoms with Crippen molar-refractivity contribution in [2.45, 2.75) is 6.92 Å². The summed E-state index contributed by atoms with van der Waals surface area (Å²) in [6.07, 6.45) is 3.42. The first kappa shape index (κ1) is 14.8. The highest BCUT2D eigenvalue weighted by Gasteiger charge is 2.14. The number of nitrogens with zero attached hydrogens (tertiary/aromatic N) is 3. The summed E-state index contributed by atoms with van der Waals surface area (Å²) in [7, 11) is 0. The van der Waals surface area contributed by atoms with E-state index in [9.17, 15) is 0 Å². The van der Waals surface area contributed by atoms with E-state index < -0.39 is 0 Å². The molecule has 1 aromatic carbocycles. The maximum atomic E-state index is 8.85. The first-order chi connectivity index (χ1) is 10.2. The van der Waals surface area contributed by atoms with Crippen molar-refractivity contribution in [1.29, 1.82) is 10.5 Å². The normalized spacial score (nSPS) is 15.0. The number of allylic oxidation sites excluding steroid dienone is 3. The van der Waals surface area contributed by atoms with Crippen LogP contribution >= 0.6 is 0 Å². The Morgan fingerprint density at radius 1 is 1.10 bits per heavy atom. The zero-order valence-electron chi connectivity index (χ0n) is 12.0. The molecule has 0 unspecified atom stereocenters. The van der Waals surface area contributed by atoms with Crippen molar-refractivity contribution in [3.05, 3.63) is 53.1 Å². The van der Waals surface area contributed by atoms with Gasteiger partial charge in [-0.3, -0.25) is 0 Å². The molecule has 0 amide bonds. The Kier molecular flexibility index (Phi) is 5.15. The van der Waals surface area contributed by atoms with Gasteiger partial charge in [0.25, 0.3) is 0 Å². The van der Waals surface area contributed by atoms with E-state index in [0.717, 1.165) is 24.4 Å². The van der Waals surface area contributed by atoms with Crippen molar-refractivity contribution in [2.24, 2.45) is 0 Å². The van der Waals surface area contributed by atoms with Crippen molar-refractivity contribution in [3.8, 4) is 12.1 Å². The summed E-state index contributed by atoms with van der Waals surface area (Å²) in [4.78, 5) is 2.22. The van der Waals surface area contributed by atoms with Gasteiger partial charge in [-0.15, -0.1) is 0 Å². The molecule has 0 atom stereocenters. The van der Waals surface area contributed by atoms with Crippen LogP contribution in [0.4, 0.5) is 0 Å². The average molecular weight is 279 g/mol. The lowest BCUT2D eigenvalue weighted by Gasteiger charge is -2.31. The van der Waals surface area contributed by atoms with Crippen LogP contribution in [0, 0.1) is 29.6 Å². The fourth-order valence-electron chi connectivity index (χ4n) is 2.17. The number of benzene rings is 1. The van der Waals surface area contributed by atoms with Crippen LogP contribution in [-0.2, 0) is 4.74 Å². The van der Waals surface area contributed by atoms with E-state index in [0.29, 0.717) is 13.2 Å². The van der Waals surface area contributed by atoms with E-state index in [1.165, 1.54) is 5.56 Å². The average Bonchev–Trinajstić information content (AvgIpc) is 2.54. The summed E-state index contributed by atoms with van der Waals surface area (Å²) < 4.78 is 5.38. The molecule has 1 aliphatic heterocycles. The minimum atomic E-state index is 0.105. The molecule has 2 rings (SSSR count). The van der Waals surface area contributed by atoms with Gasteiger partial charge in [-0.05, 0) is 24.6 Å². The van der Waals surface area contributed by atoms with Crippen LogP contribution in [-0.4, -0.2) is 31.2 Å². The second-order valence-electron chi connectivity index (χ2n) is 4.82. The fraction of sp³-hybridized carbons (Fsp3) is 0.294. The third-order valence-electron chi connectivity index (χ3n) is 3.35.